The topological polar surface area (TPSA) is 79.5 Å². The quantitative estimate of drug-likeness (QED) is 0.313. The fourth-order valence-corrected chi connectivity index (χ4v) is 4.66. The van der Waals surface area contributed by atoms with Gasteiger partial charge in [0, 0.05) is 31.0 Å². The monoisotopic (exact) mass is 516 g/mol. The van der Waals surface area contributed by atoms with Crippen molar-refractivity contribution in [1.29, 1.82) is 0 Å². The molecule has 192 valence electrons. The summed E-state index contributed by atoms with van der Waals surface area (Å²) >= 11 is 5.80. The van der Waals surface area contributed by atoms with Crippen LogP contribution in [0.15, 0.2) is 65.7 Å². The van der Waals surface area contributed by atoms with Crippen molar-refractivity contribution in [3.63, 3.8) is 0 Å². The maximum Gasteiger partial charge on any atom is 0.253 e. The van der Waals surface area contributed by atoms with Gasteiger partial charge in [-0.1, -0.05) is 23.8 Å². The molecular formula is C29H32N4O3S. The summed E-state index contributed by atoms with van der Waals surface area (Å²) in [4.78, 5) is 22.3. The number of fused-ring (bicyclic) bond motifs is 1. The molecule has 0 radical (unpaired) electrons. The summed E-state index contributed by atoms with van der Waals surface area (Å²) in [5, 5.41) is 4.95. The van der Waals surface area contributed by atoms with Gasteiger partial charge in [-0.05, 0) is 84.9 Å². The Balaban J connectivity index is 1.52. The number of aryl methyl sites for hydroxylation is 2. The Kier molecular flexibility index (Phi) is 8.40. The van der Waals surface area contributed by atoms with Crippen LogP contribution in [0.1, 0.15) is 27.8 Å². The number of hydrogen-bond donors (Lipinski definition) is 2. The Hall–Kier alpha value is -3.91. The molecule has 0 spiro atoms. The molecule has 2 N–H and O–H groups in total. The molecule has 0 unspecified atom stereocenters. The van der Waals surface area contributed by atoms with Gasteiger partial charge in [-0.3, -0.25) is 9.78 Å². The highest BCUT2D eigenvalue weighted by Gasteiger charge is 2.15. The molecule has 37 heavy (non-hydrogen) atoms. The van der Waals surface area contributed by atoms with Crippen molar-refractivity contribution in [2.45, 2.75) is 33.4 Å². The molecule has 4 rings (SSSR count). The predicted octanol–water partition coefficient (Wildman–Crippen LogP) is 4.68. The van der Waals surface area contributed by atoms with E-state index in [-0.39, 0.29) is 5.56 Å². The molecule has 0 aliphatic rings. The second-order valence-electron chi connectivity index (χ2n) is 9.06. The number of methoxy groups -OCH3 is 2. The highest BCUT2D eigenvalue weighted by molar-refractivity contribution is 7.80. The highest BCUT2D eigenvalue weighted by Crippen LogP contribution is 2.27. The first-order chi connectivity index (χ1) is 17.9. The van der Waals surface area contributed by atoms with Crippen molar-refractivity contribution < 1.29 is 9.47 Å². The van der Waals surface area contributed by atoms with Crippen LogP contribution in [0.3, 0.4) is 0 Å². The lowest BCUT2D eigenvalue weighted by Gasteiger charge is -2.26. The smallest absolute Gasteiger partial charge is 0.253 e. The van der Waals surface area contributed by atoms with Crippen molar-refractivity contribution in [1.82, 2.24) is 20.2 Å². The molecule has 0 saturated heterocycles. The highest BCUT2D eigenvalue weighted by atomic mass is 32.1. The van der Waals surface area contributed by atoms with Gasteiger partial charge >= 0.3 is 0 Å². The van der Waals surface area contributed by atoms with E-state index >= 15 is 0 Å². The molecular weight excluding hydrogens is 484 g/mol. The second kappa shape index (κ2) is 11.9. The van der Waals surface area contributed by atoms with Crippen LogP contribution in [-0.2, 0) is 19.5 Å². The number of nitrogens with zero attached hydrogens (tertiary/aromatic N) is 2. The number of nitrogens with one attached hydrogen (secondary N) is 2. The zero-order valence-corrected chi connectivity index (χ0v) is 22.4. The second-order valence-corrected chi connectivity index (χ2v) is 9.45. The van der Waals surface area contributed by atoms with Crippen LogP contribution in [0.2, 0.25) is 0 Å². The Bertz CT molecular complexity index is 1450. The third-order valence-corrected chi connectivity index (χ3v) is 6.66. The van der Waals surface area contributed by atoms with Crippen LogP contribution < -0.4 is 20.3 Å². The van der Waals surface area contributed by atoms with Crippen LogP contribution in [0.4, 0.5) is 0 Å². The lowest BCUT2D eigenvalue weighted by atomic mass is 10.1. The summed E-state index contributed by atoms with van der Waals surface area (Å²) in [6.07, 6.45) is 4.30. The van der Waals surface area contributed by atoms with E-state index in [9.17, 15) is 4.79 Å². The molecule has 2 aromatic heterocycles. The predicted molar refractivity (Wildman–Crippen MR) is 151 cm³/mol. The number of rotatable bonds is 9. The Morgan fingerprint density at radius 2 is 1.84 bits per heavy atom. The summed E-state index contributed by atoms with van der Waals surface area (Å²) < 4.78 is 10.7. The third-order valence-electron chi connectivity index (χ3n) is 6.25. The molecule has 4 aromatic rings. The van der Waals surface area contributed by atoms with Crippen molar-refractivity contribution in [3.05, 3.63) is 99.1 Å². The summed E-state index contributed by atoms with van der Waals surface area (Å²) in [6, 6.07) is 15.9. The van der Waals surface area contributed by atoms with Crippen LogP contribution in [0, 0.1) is 13.8 Å². The number of H-pyrrole nitrogens is 1. The number of benzene rings is 2. The molecule has 0 fully saturated rings. The first-order valence-electron chi connectivity index (χ1n) is 12.1. The van der Waals surface area contributed by atoms with Gasteiger partial charge in [0.2, 0.25) is 0 Å². The number of hydrogen-bond acceptors (Lipinski definition) is 5. The minimum absolute atomic E-state index is 0.108. The Morgan fingerprint density at radius 3 is 2.57 bits per heavy atom. The van der Waals surface area contributed by atoms with Crippen molar-refractivity contribution in [3.8, 4) is 11.5 Å². The third kappa shape index (κ3) is 6.46. The van der Waals surface area contributed by atoms with Crippen molar-refractivity contribution in [2.75, 3.05) is 20.8 Å². The molecule has 0 bridgehead atoms. The SMILES string of the molecule is COc1ccc(CCNC(=S)N(Cc2cccnc2)Cc2cc3cc(C)cc(C)c3[nH]c2=O)cc1OC. The maximum absolute atomic E-state index is 13.0. The lowest BCUT2D eigenvalue weighted by Crippen LogP contribution is -2.40. The van der Waals surface area contributed by atoms with Gasteiger partial charge in [0.25, 0.3) is 5.56 Å². The van der Waals surface area contributed by atoms with E-state index in [1.807, 2.05) is 54.4 Å². The van der Waals surface area contributed by atoms with E-state index in [1.54, 1.807) is 20.4 Å². The fraction of sp³-hybridized carbons (Fsp3) is 0.276. The van der Waals surface area contributed by atoms with Crippen LogP contribution in [0.5, 0.6) is 11.5 Å². The van der Waals surface area contributed by atoms with E-state index in [0.717, 1.165) is 39.6 Å². The average molecular weight is 517 g/mol. The number of pyridine rings is 2. The molecule has 7 nitrogen and oxygen atoms in total. The minimum Gasteiger partial charge on any atom is -0.493 e. The van der Waals surface area contributed by atoms with Gasteiger partial charge in [-0.25, -0.2) is 0 Å². The minimum atomic E-state index is -0.108. The number of thiocarbonyl (C=S) groups is 1. The molecule has 0 aliphatic carbocycles. The zero-order valence-electron chi connectivity index (χ0n) is 21.6. The number of aromatic amines is 1. The van der Waals surface area contributed by atoms with Crippen LogP contribution in [0.25, 0.3) is 10.9 Å². The van der Waals surface area contributed by atoms with Crippen molar-refractivity contribution in [2.24, 2.45) is 0 Å². The molecule has 8 heteroatoms. The molecule has 0 aliphatic heterocycles. The summed E-state index contributed by atoms with van der Waals surface area (Å²) in [6.45, 7) is 5.60. The molecule has 0 amide bonds. The van der Waals surface area contributed by atoms with Crippen LogP contribution >= 0.6 is 12.2 Å². The van der Waals surface area contributed by atoms with E-state index in [1.165, 1.54) is 0 Å². The Morgan fingerprint density at radius 1 is 1.03 bits per heavy atom. The van der Waals surface area contributed by atoms with Gasteiger partial charge in [0.15, 0.2) is 16.6 Å². The Labute approximate surface area is 222 Å². The number of ether oxygens (including phenoxy) is 2. The standard InChI is InChI=1S/C29H32N4O3S/c1-19-12-20(2)27-23(13-19)15-24(28(34)32-27)18-33(17-22-6-5-10-30-16-22)29(37)31-11-9-21-7-8-25(35-3)26(14-21)36-4/h5-8,10,12-16H,9,11,17-18H2,1-4H3,(H,31,37)(H,32,34). The molecule has 0 saturated carbocycles. The van der Waals surface area contributed by atoms with Gasteiger partial charge in [-0.15, -0.1) is 0 Å². The average Bonchev–Trinajstić information content (AvgIpc) is 2.89. The fourth-order valence-electron chi connectivity index (χ4n) is 4.43. The largest absolute Gasteiger partial charge is 0.493 e. The summed E-state index contributed by atoms with van der Waals surface area (Å²) in [5.41, 5.74) is 5.74. The number of aromatic nitrogens is 2. The van der Waals surface area contributed by atoms with E-state index in [2.05, 4.69) is 34.3 Å². The first-order valence-corrected chi connectivity index (χ1v) is 12.5. The van der Waals surface area contributed by atoms with Gasteiger partial charge in [-0.2, -0.15) is 0 Å². The van der Waals surface area contributed by atoms with Gasteiger partial charge < -0.3 is 24.7 Å². The maximum atomic E-state index is 13.0. The van der Waals surface area contributed by atoms with Gasteiger partial charge in [0.05, 0.1) is 26.3 Å². The van der Waals surface area contributed by atoms with Crippen molar-refractivity contribution >= 4 is 28.2 Å². The summed E-state index contributed by atoms with van der Waals surface area (Å²) in [7, 11) is 3.25. The van der Waals surface area contributed by atoms with E-state index in [0.29, 0.717) is 41.8 Å². The van der Waals surface area contributed by atoms with E-state index in [4.69, 9.17) is 21.7 Å². The lowest BCUT2D eigenvalue weighted by molar-refractivity contribution is 0.354. The van der Waals surface area contributed by atoms with Gasteiger partial charge in [0.1, 0.15) is 0 Å². The molecule has 2 aromatic carbocycles. The normalized spacial score (nSPS) is 10.8. The van der Waals surface area contributed by atoms with E-state index < -0.39 is 0 Å². The summed E-state index contributed by atoms with van der Waals surface area (Å²) in [5.74, 6) is 1.39. The first kappa shape index (κ1) is 26.2. The molecule has 2 heterocycles. The van der Waals surface area contributed by atoms with Crippen LogP contribution in [-0.4, -0.2) is 40.7 Å². The molecule has 0 atom stereocenters. The zero-order chi connectivity index (χ0) is 26.4.